The van der Waals surface area contributed by atoms with Crippen molar-refractivity contribution in [3.8, 4) is 5.75 Å². The monoisotopic (exact) mass is 423 g/mol. The van der Waals surface area contributed by atoms with Crippen molar-refractivity contribution < 1.29 is 14.3 Å². The minimum atomic E-state index is -0.229. The van der Waals surface area contributed by atoms with E-state index in [0.717, 1.165) is 35.5 Å². The number of methoxy groups -OCH3 is 1. The normalized spacial score (nSPS) is 15.7. The van der Waals surface area contributed by atoms with Gasteiger partial charge in [0.2, 0.25) is 5.91 Å². The summed E-state index contributed by atoms with van der Waals surface area (Å²) in [5.41, 5.74) is 3.88. The zero-order valence-electron chi connectivity index (χ0n) is 18.6. The van der Waals surface area contributed by atoms with E-state index in [1.165, 1.54) is 5.56 Å². The Hall–Kier alpha value is -3.00. The predicted molar refractivity (Wildman–Crippen MR) is 116 cm³/mol. The van der Waals surface area contributed by atoms with Gasteiger partial charge >= 0.3 is 0 Å². The molecular formula is C23H29N5O3. The molecule has 1 saturated heterocycles. The van der Waals surface area contributed by atoms with Gasteiger partial charge in [-0.15, -0.1) is 5.10 Å². The molecule has 0 atom stereocenters. The summed E-state index contributed by atoms with van der Waals surface area (Å²) in [6.07, 6.45) is 1.75. The highest BCUT2D eigenvalue weighted by molar-refractivity contribution is 5.78. The lowest BCUT2D eigenvalue weighted by Crippen LogP contribution is -2.45. The maximum atomic E-state index is 12.8. The van der Waals surface area contributed by atoms with Crippen LogP contribution in [0.4, 0.5) is 0 Å². The highest BCUT2D eigenvalue weighted by atomic mass is 16.5. The fourth-order valence-corrected chi connectivity index (χ4v) is 4.30. The molecule has 164 valence electrons. The molecule has 8 nitrogen and oxygen atoms in total. The maximum Gasteiger partial charge on any atom is 0.252 e. The quantitative estimate of drug-likeness (QED) is 0.655. The standard InChI is InChI=1S/C23H29N5O3/c1-15-5-6-19(30-4)18(11-15)23(7-9-31-10-8-23)14-24-21(29)13-20-26-22-25-16(2)12-17(3)28(22)27-20/h5-6,11-12H,7-10,13-14H2,1-4H3,(H,24,29). The lowest BCUT2D eigenvalue weighted by Gasteiger charge is -2.38. The van der Waals surface area contributed by atoms with Crippen molar-refractivity contribution in [3.05, 3.63) is 52.6 Å². The number of hydrogen-bond donors (Lipinski definition) is 1. The first-order chi connectivity index (χ1) is 14.9. The number of carbonyl (C=O) groups excluding carboxylic acids is 1. The summed E-state index contributed by atoms with van der Waals surface area (Å²) in [6.45, 7) is 7.77. The van der Waals surface area contributed by atoms with Crippen molar-refractivity contribution in [2.75, 3.05) is 26.9 Å². The zero-order valence-corrected chi connectivity index (χ0v) is 18.6. The molecule has 8 heteroatoms. The van der Waals surface area contributed by atoms with Gasteiger partial charge in [0.25, 0.3) is 5.78 Å². The number of amides is 1. The van der Waals surface area contributed by atoms with E-state index in [-0.39, 0.29) is 17.7 Å². The molecule has 1 aromatic carbocycles. The van der Waals surface area contributed by atoms with Crippen LogP contribution < -0.4 is 10.1 Å². The third kappa shape index (κ3) is 4.39. The number of benzene rings is 1. The molecule has 0 radical (unpaired) electrons. The van der Waals surface area contributed by atoms with Crippen molar-refractivity contribution >= 4 is 11.7 Å². The summed E-state index contributed by atoms with van der Waals surface area (Å²) in [6, 6.07) is 8.15. The molecule has 0 bridgehead atoms. The number of nitrogens with one attached hydrogen (secondary N) is 1. The second-order valence-electron chi connectivity index (χ2n) is 8.33. The van der Waals surface area contributed by atoms with Crippen LogP contribution in [-0.2, 0) is 21.4 Å². The molecule has 31 heavy (non-hydrogen) atoms. The summed E-state index contributed by atoms with van der Waals surface area (Å²) in [4.78, 5) is 21.6. The van der Waals surface area contributed by atoms with Gasteiger partial charge < -0.3 is 14.8 Å². The first-order valence-corrected chi connectivity index (χ1v) is 10.6. The van der Waals surface area contributed by atoms with Gasteiger partial charge in [0, 0.05) is 42.1 Å². The lowest BCUT2D eigenvalue weighted by molar-refractivity contribution is -0.121. The van der Waals surface area contributed by atoms with Crippen LogP contribution in [0.1, 0.15) is 41.2 Å². The smallest absolute Gasteiger partial charge is 0.252 e. The fourth-order valence-electron chi connectivity index (χ4n) is 4.30. The Morgan fingerprint density at radius 3 is 2.71 bits per heavy atom. The highest BCUT2D eigenvalue weighted by Gasteiger charge is 2.37. The molecule has 1 fully saturated rings. The van der Waals surface area contributed by atoms with Gasteiger partial charge in [0.1, 0.15) is 5.75 Å². The van der Waals surface area contributed by atoms with E-state index < -0.39 is 0 Å². The Labute approximate surface area is 182 Å². The average molecular weight is 424 g/mol. The molecule has 0 spiro atoms. The first kappa shape index (κ1) is 21.2. The van der Waals surface area contributed by atoms with E-state index in [1.54, 1.807) is 11.6 Å². The van der Waals surface area contributed by atoms with E-state index >= 15 is 0 Å². The van der Waals surface area contributed by atoms with Crippen LogP contribution in [0.15, 0.2) is 24.3 Å². The summed E-state index contributed by atoms with van der Waals surface area (Å²) in [7, 11) is 1.69. The second kappa shape index (κ2) is 8.63. The molecule has 1 aliphatic rings. The van der Waals surface area contributed by atoms with Gasteiger partial charge in [-0.1, -0.05) is 17.7 Å². The number of aryl methyl sites for hydroxylation is 3. The zero-order chi connectivity index (χ0) is 22.0. The van der Waals surface area contributed by atoms with Crippen molar-refractivity contribution in [2.24, 2.45) is 0 Å². The molecular weight excluding hydrogens is 394 g/mol. The topological polar surface area (TPSA) is 90.6 Å². The van der Waals surface area contributed by atoms with Crippen LogP contribution in [0.2, 0.25) is 0 Å². The van der Waals surface area contributed by atoms with Gasteiger partial charge in [0.05, 0.1) is 13.5 Å². The second-order valence-corrected chi connectivity index (χ2v) is 8.33. The van der Waals surface area contributed by atoms with Crippen LogP contribution in [0.5, 0.6) is 5.75 Å². The summed E-state index contributed by atoms with van der Waals surface area (Å²) < 4.78 is 12.9. The van der Waals surface area contributed by atoms with Crippen LogP contribution in [-0.4, -0.2) is 52.4 Å². The molecule has 3 aromatic rings. The minimum absolute atomic E-state index is 0.109. The van der Waals surface area contributed by atoms with Crippen LogP contribution >= 0.6 is 0 Å². The van der Waals surface area contributed by atoms with Crippen molar-refractivity contribution in [3.63, 3.8) is 0 Å². The van der Waals surface area contributed by atoms with E-state index in [0.29, 0.717) is 31.4 Å². The summed E-state index contributed by atoms with van der Waals surface area (Å²) >= 11 is 0. The molecule has 3 heterocycles. The van der Waals surface area contributed by atoms with E-state index in [9.17, 15) is 4.79 Å². The van der Waals surface area contributed by atoms with Crippen LogP contribution in [0.25, 0.3) is 5.78 Å². The Morgan fingerprint density at radius 2 is 1.97 bits per heavy atom. The largest absolute Gasteiger partial charge is 0.496 e. The van der Waals surface area contributed by atoms with E-state index in [4.69, 9.17) is 9.47 Å². The number of aromatic nitrogens is 4. The summed E-state index contributed by atoms with van der Waals surface area (Å²) in [5, 5.41) is 7.57. The predicted octanol–water partition coefficient (Wildman–Crippen LogP) is 2.47. The average Bonchev–Trinajstić information content (AvgIpc) is 3.15. The number of ether oxygens (including phenoxy) is 2. The van der Waals surface area contributed by atoms with Crippen LogP contribution in [0.3, 0.4) is 0 Å². The van der Waals surface area contributed by atoms with Gasteiger partial charge in [-0.25, -0.2) is 9.50 Å². The lowest BCUT2D eigenvalue weighted by atomic mass is 9.73. The maximum absolute atomic E-state index is 12.8. The highest BCUT2D eigenvalue weighted by Crippen LogP contribution is 2.40. The van der Waals surface area contributed by atoms with Crippen molar-refractivity contribution in [2.45, 2.75) is 45.4 Å². The van der Waals surface area contributed by atoms with Gasteiger partial charge in [-0.05, 0) is 45.7 Å². The molecule has 1 aliphatic heterocycles. The van der Waals surface area contributed by atoms with Crippen molar-refractivity contribution in [1.82, 2.24) is 24.9 Å². The molecule has 0 aliphatic carbocycles. The molecule has 4 rings (SSSR count). The van der Waals surface area contributed by atoms with Gasteiger partial charge in [0.15, 0.2) is 5.82 Å². The number of fused-ring (bicyclic) bond motifs is 1. The Bertz CT molecular complexity index is 1100. The molecule has 0 saturated carbocycles. The van der Waals surface area contributed by atoms with E-state index in [2.05, 4.69) is 33.4 Å². The Morgan fingerprint density at radius 1 is 1.19 bits per heavy atom. The molecule has 0 unspecified atom stereocenters. The van der Waals surface area contributed by atoms with E-state index in [1.807, 2.05) is 32.0 Å². The number of hydrogen-bond acceptors (Lipinski definition) is 6. The Balaban J connectivity index is 1.52. The molecule has 1 amide bonds. The number of nitrogens with zero attached hydrogens (tertiary/aromatic N) is 4. The first-order valence-electron chi connectivity index (χ1n) is 10.6. The number of carbonyl (C=O) groups is 1. The van der Waals surface area contributed by atoms with Gasteiger partial charge in [-0.3, -0.25) is 4.79 Å². The minimum Gasteiger partial charge on any atom is -0.496 e. The third-order valence-electron chi connectivity index (χ3n) is 5.98. The summed E-state index contributed by atoms with van der Waals surface area (Å²) in [5.74, 6) is 1.72. The van der Waals surface area contributed by atoms with Crippen molar-refractivity contribution in [1.29, 1.82) is 0 Å². The Kier molecular flexibility index (Phi) is 5.91. The number of rotatable bonds is 6. The third-order valence-corrected chi connectivity index (χ3v) is 5.98. The van der Waals surface area contributed by atoms with Crippen LogP contribution in [0, 0.1) is 20.8 Å². The fraction of sp³-hybridized carbons (Fsp3) is 0.478. The molecule has 2 aromatic heterocycles. The van der Waals surface area contributed by atoms with Gasteiger partial charge in [-0.2, -0.15) is 4.98 Å². The SMILES string of the molecule is COc1ccc(C)cc1C1(CNC(=O)Cc2nc3nc(C)cc(C)n3n2)CCOCC1. The molecule has 1 N–H and O–H groups in total.